The molecule has 1 heterocycles. The highest BCUT2D eigenvalue weighted by molar-refractivity contribution is 5.00. The van der Waals surface area contributed by atoms with Crippen molar-refractivity contribution in [1.29, 1.82) is 0 Å². The molecule has 0 spiro atoms. The first kappa shape index (κ1) is 8.56. The van der Waals surface area contributed by atoms with Crippen LogP contribution >= 0.6 is 0 Å². The molecule has 0 fully saturated rings. The van der Waals surface area contributed by atoms with E-state index in [0.29, 0.717) is 0 Å². The summed E-state index contributed by atoms with van der Waals surface area (Å²) in [6.45, 7) is 1.86. The van der Waals surface area contributed by atoms with Gasteiger partial charge in [-0.05, 0) is 39.6 Å². The van der Waals surface area contributed by atoms with Gasteiger partial charge >= 0.3 is 0 Å². The predicted molar refractivity (Wildman–Crippen MR) is 45.0 cm³/mol. The van der Waals surface area contributed by atoms with Crippen LogP contribution < -0.4 is 5.48 Å². The lowest BCUT2D eigenvalue weighted by Crippen LogP contribution is -2.14. The molecule has 1 aliphatic heterocycles. The van der Waals surface area contributed by atoms with E-state index in [-0.39, 0.29) is 0 Å². The zero-order valence-corrected chi connectivity index (χ0v) is 7.26. The highest BCUT2D eigenvalue weighted by atomic mass is 16.6. The summed E-state index contributed by atoms with van der Waals surface area (Å²) in [7, 11) is 4.18. The molecule has 3 nitrogen and oxygen atoms in total. The first-order chi connectivity index (χ1) is 5.29. The summed E-state index contributed by atoms with van der Waals surface area (Å²) >= 11 is 0. The molecule has 0 aromatic rings. The van der Waals surface area contributed by atoms with E-state index in [0.717, 1.165) is 19.6 Å². The summed E-state index contributed by atoms with van der Waals surface area (Å²) in [4.78, 5) is 7.15. The Labute approximate surface area is 68.0 Å². The van der Waals surface area contributed by atoms with Gasteiger partial charge in [0.25, 0.3) is 0 Å². The second-order valence-electron chi connectivity index (χ2n) is 3.05. The molecule has 11 heavy (non-hydrogen) atoms. The third-order valence-corrected chi connectivity index (χ3v) is 1.67. The Bertz CT molecular complexity index is 143. The van der Waals surface area contributed by atoms with Gasteiger partial charge in [0.05, 0.1) is 6.61 Å². The highest BCUT2D eigenvalue weighted by Crippen LogP contribution is 2.05. The van der Waals surface area contributed by atoms with Gasteiger partial charge < -0.3 is 4.90 Å². The third kappa shape index (κ3) is 3.39. The molecular weight excluding hydrogens is 140 g/mol. The molecule has 1 rings (SSSR count). The smallest absolute Gasteiger partial charge is 0.0947 e. The van der Waals surface area contributed by atoms with Crippen LogP contribution in [-0.4, -0.2) is 32.1 Å². The molecule has 0 aliphatic carbocycles. The molecule has 0 atom stereocenters. The van der Waals surface area contributed by atoms with E-state index in [2.05, 4.69) is 30.6 Å². The van der Waals surface area contributed by atoms with Gasteiger partial charge in [-0.1, -0.05) is 0 Å². The largest absolute Gasteiger partial charge is 0.309 e. The van der Waals surface area contributed by atoms with Gasteiger partial charge in [0, 0.05) is 5.70 Å². The number of rotatable bonds is 4. The zero-order chi connectivity index (χ0) is 8.10. The lowest BCUT2D eigenvalue weighted by molar-refractivity contribution is 0.106. The van der Waals surface area contributed by atoms with Crippen LogP contribution in [0, 0.1) is 0 Å². The van der Waals surface area contributed by atoms with Crippen LogP contribution in [0.2, 0.25) is 0 Å². The Morgan fingerprint density at radius 3 is 3.00 bits per heavy atom. The van der Waals surface area contributed by atoms with E-state index >= 15 is 0 Å². The van der Waals surface area contributed by atoms with Crippen molar-refractivity contribution < 1.29 is 4.84 Å². The maximum atomic E-state index is 4.96. The van der Waals surface area contributed by atoms with Crippen molar-refractivity contribution >= 4 is 0 Å². The fourth-order valence-corrected chi connectivity index (χ4v) is 1.06. The zero-order valence-electron chi connectivity index (χ0n) is 7.26. The van der Waals surface area contributed by atoms with Crippen molar-refractivity contribution in [2.24, 2.45) is 0 Å². The molecule has 3 heteroatoms. The molecule has 1 N–H and O–H groups in total. The molecular formula is C8H16N2O. The molecule has 0 saturated carbocycles. The number of hydrogen-bond acceptors (Lipinski definition) is 3. The summed E-state index contributed by atoms with van der Waals surface area (Å²) < 4.78 is 0. The van der Waals surface area contributed by atoms with Gasteiger partial charge in [0.15, 0.2) is 0 Å². The van der Waals surface area contributed by atoms with E-state index in [1.165, 1.54) is 12.1 Å². The topological polar surface area (TPSA) is 24.5 Å². The fraction of sp³-hybridized carbons (Fsp3) is 0.750. The van der Waals surface area contributed by atoms with Gasteiger partial charge in [0.1, 0.15) is 0 Å². The van der Waals surface area contributed by atoms with Gasteiger partial charge in [-0.15, -0.1) is 0 Å². The van der Waals surface area contributed by atoms with Crippen molar-refractivity contribution in [3.05, 3.63) is 11.8 Å². The maximum Gasteiger partial charge on any atom is 0.0947 e. The molecule has 0 radical (unpaired) electrons. The fourth-order valence-electron chi connectivity index (χ4n) is 1.06. The molecule has 0 aromatic carbocycles. The molecule has 0 bridgehead atoms. The second kappa shape index (κ2) is 4.36. The molecule has 64 valence electrons. The first-order valence-corrected chi connectivity index (χ1v) is 4.00. The van der Waals surface area contributed by atoms with E-state index in [1.807, 2.05) is 0 Å². The number of hydroxylamine groups is 1. The molecule has 0 amide bonds. The molecule has 0 aromatic heterocycles. The Balaban J connectivity index is 2.03. The molecule has 0 unspecified atom stereocenters. The van der Waals surface area contributed by atoms with Crippen LogP contribution in [0.4, 0.5) is 0 Å². The van der Waals surface area contributed by atoms with Crippen LogP contribution in [0.5, 0.6) is 0 Å². The minimum Gasteiger partial charge on any atom is -0.309 e. The van der Waals surface area contributed by atoms with Crippen molar-refractivity contribution in [2.75, 3.05) is 27.2 Å². The number of allylic oxidation sites excluding steroid dienone is 1. The monoisotopic (exact) mass is 156 g/mol. The van der Waals surface area contributed by atoms with E-state index in [1.54, 1.807) is 0 Å². The van der Waals surface area contributed by atoms with Crippen molar-refractivity contribution in [1.82, 2.24) is 10.4 Å². The van der Waals surface area contributed by atoms with Gasteiger partial charge in [-0.2, -0.15) is 0 Å². The normalized spacial score (nSPS) is 16.8. The third-order valence-electron chi connectivity index (χ3n) is 1.67. The lowest BCUT2D eigenvalue weighted by Gasteiger charge is -2.08. The second-order valence-corrected chi connectivity index (χ2v) is 3.05. The lowest BCUT2D eigenvalue weighted by atomic mass is 10.2. The average molecular weight is 156 g/mol. The summed E-state index contributed by atoms with van der Waals surface area (Å²) in [6, 6.07) is 0. The Kier molecular flexibility index (Phi) is 3.39. The number of nitrogens with zero attached hydrogens (tertiary/aromatic N) is 1. The predicted octanol–water partition coefficient (Wildman–Crippen LogP) is 0.747. The summed E-state index contributed by atoms with van der Waals surface area (Å²) in [6.07, 6.45) is 4.38. The Morgan fingerprint density at radius 1 is 1.64 bits per heavy atom. The van der Waals surface area contributed by atoms with Gasteiger partial charge in [0.2, 0.25) is 0 Å². The van der Waals surface area contributed by atoms with E-state index in [9.17, 15) is 0 Å². The minimum atomic E-state index is 0.720. The van der Waals surface area contributed by atoms with Crippen LogP contribution in [-0.2, 0) is 4.84 Å². The van der Waals surface area contributed by atoms with Crippen LogP contribution in [0.3, 0.4) is 0 Å². The van der Waals surface area contributed by atoms with Crippen LogP contribution in [0.25, 0.3) is 0 Å². The summed E-state index contributed by atoms with van der Waals surface area (Å²) in [5.41, 5.74) is 4.10. The first-order valence-electron chi connectivity index (χ1n) is 4.00. The van der Waals surface area contributed by atoms with Gasteiger partial charge in [-0.3, -0.25) is 10.3 Å². The number of nitrogens with one attached hydrogen (secondary N) is 1. The SMILES string of the molecule is CN(C)CCCC1=CCON1. The summed E-state index contributed by atoms with van der Waals surface area (Å²) in [5.74, 6) is 0. The molecule has 0 saturated heterocycles. The van der Waals surface area contributed by atoms with Crippen molar-refractivity contribution in [2.45, 2.75) is 12.8 Å². The van der Waals surface area contributed by atoms with E-state index < -0.39 is 0 Å². The van der Waals surface area contributed by atoms with Crippen molar-refractivity contribution in [3.8, 4) is 0 Å². The standard InChI is InChI=1S/C8H16N2O/c1-10(2)6-3-4-8-5-7-11-9-8/h5,9H,3-4,6-7H2,1-2H3. The Morgan fingerprint density at radius 2 is 2.45 bits per heavy atom. The summed E-state index contributed by atoms with van der Waals surface area (Å²) in [5, 5.41) is 0. The van der Waals surface area contributed by atoms with Crippen LogP contribution in [0.15, 0.2) is 11.8 Å². The Hall–Kier alpha value is -0.540. The highest BCUT2D eigenvalue weighted by Gasteiger charge is 2.02. The van der Waals surface area contributed by atoms with E-state index in [4.69, 9.17) is 4.84 Å². The minimum absolute atomic E-state index is 0.720. The maximum absolute atomic E-state index is 4.96. The van der Waals surface area contributed by atoms with Crippen LogP contribution in [0.1, 0.15) is 12.8 Å². The quantitative estimate of drug-likeness (QED) is 0.650. The number of hydrogen-bond donors (Lipinski definition) is 1. The van der Waals surface area contributed by atoms with Gasteiger partial charge in [-0.25, -0.2) is 0 Å². The average Bonchev–Trinajstić information content (AvgIpc) is 2.39. The van der Waals surface area contributed by atoms with Crippen molar-refractivity contribution in [3.63, 3.8) is 0 Å². The molecule has 1 aliphatic rings.